The lowest BCUT2D eigenvalue weighted by molar-refractivity contribution is 0.0103. The summed E-state index contributed by atoms with van der Waals surface area (Å²) in [6, 6.07) is 2.44. The van der Waals surface area contributed by atoms with E-state index < -0.39 is 38.2 Å². The van der Waals surface area contributed by atoms with Crippen molar-refractivity contribution in [3.8, 4) is 0 Å². The molecule has 1 aliphatic rings. The molecule has 158 valence electrons. The second-order valence-corrected chi connectivity index (χ2v) is 8.65. The van der Waals surface area contributed by atoms with E-state index in [1.807, 2.05) is 0 Å². The highest BCUT2D eigenvalue weighted by molar-refractivity contribution is 7.89. The van der Waals surface area contributed by atoms with E-state index in [2.05, 4.69) is 15.4 Å². The molecule has 0 aliphatic heterocycles. The number of halogens is 2. The van der Waals surface area contributed by atoms with Gasteiger partial charge in [-0.2, -0.15) is 13.9 Å². The molecule has 3 rings (SSSR count). The van der Waals surface area contributed by atoms with Gasteiger partial charge in [-0.1, -0.05) is 0 Å². The van der Waals surface area contributed by atoms with E-state index >= 15 is 0 Å². The maximum Gasteiger partial charge on any atom is 0.289 e. The Kier molecular flexibility index (Phi) is 5.22. The van der Waals surface area contributed by atoms with Crippen molar-refractivity contribution in [2.45, 2.75) is 49.8 Å². The van der Waals surface area contributed by atoms with Crippen molar-refractivity contribution in [2.75, 3.05) is 12.4 Å². The fourth-order valence-electron chi connectivity index (χ4n) is 3.04. The molecule has 0 bridgehead atoms. The summed E-state index contributed by atoms with van der Waals surface area (Å²) in [5, 5.41) is 11.1. The number of carbonyl (C=O) groups is 1. The van der Waals surface area contributed by atoms with Crippen LogP contribution in [-0.4, -0.2) is 41.8 Å². The maximum absolute atomic E-state index is 14.0. The van der Waals surface area contributed by atoms with E-state index in [0.717, 1.165) is 25.1 Å². The lowest BCUT2D eigenvalue weighted by Gasteiger charge is -2.16. The van der Waals surface area contributed by atoms with Crippen LogP contribution in [0.2, 0.25) is 0 Å². The summed E-state index contributed by atoms with van der Waals surface area (Å²) in [6.45, 7) is 2.24. The van der Waals surface area contributed by atoms with E-state index in [0.29, 0.717) is 6.92 Å². The van der Waals surface area contributed by atoms with E-state index in [4.69, 9.17) is 9.88 Å². The van der Waals surface area contributed by atoms with E-state index in [-0.39, 0.29) is 23.5 Å². The molecule has 1 aliphatic carbocycles. The van der Waals surface area contributed by atoms with Gasteiger partial charge in [-0.3, -0.25) is 9.48 Å². The molecule has 3 N–H and O–H groups in total. The summed E-state index contributed by atoms with van der Waals surface area (Å²) in [7, 11) is -2.55. The Morgan fingerprint density at radius 2 is 2.10 bits per heavy atom. The number of sulfonamides is 1. The first-order chi connectivity index (χ1) is 13.4. The first-order valence-corrected chi connectivity index (χ1v) is 10.2. The molecule has 0 aromatic carbocycles. The minimum Gasteiger partial charge on any atom is -0.376 e. The maximum atomic E-state index is 14.0. The Hall–Kier alpha value is -2.44. The molecule has 1 fully saturated rings. The fourth-order valence-corrected chi connectivity index (χ4v) is 3.54. The van der Waals surface area contributed by atoms with E-state index in [1.54, 1.807) is 0 Å². The number of amides is 1. The van der Waals surface area contributed by atoms with Crippen LogP contribution in [0, 0.1) is 6.92 Å². The summed E-state index contributed by atoms with van der Waals surface area (Å²) in [4.78, 5) is 16.5. The minimum absolute atomic E-state index is 0.0302. The molecule has 1 amide bonds. The molecule has 0 radical (unpaired) electrons. The van der Waals surface area contributed by atoms with Gasteiger partial charge < -0.3 is 10.1 Å². The van der Waals surface area contributed by atoms with Crippen LogP contribution in [0.1, 0.15) is 41.5 Å². The standard InChI is InChI=1S/C17H21F2N5O4S/c1-10-13(15(25)22-11-4-7-21-12(8-11)29(20,26)27)24(9-17(28-3)5-6-17)23-14(10)16(2,18)19/h4,7-8H,5-6,9H2,1-3H3,(H2,20,26,27)(H,21,22,25). The number of carbonyl (C=O) groups excluding carboxylic acids is 1. The molecule has 29 heavy (non-hydrogen) atoms. The third-order valence-electron chi connectivity index (χ3n) is 4.78. The third-order valence-corrected chi connectivity index (χ3v) is 5.59. The predicted octanol–water partition coefficient (Wildman–Crippen LogP) is 1.78. The number of pyridine rings is 1. The fraction of sp³-hybridized carbons (Fsp3) is 0.471. The van der Waals surface area contributed by atoms with Crippen molar-refractivity contribution in [3.05, 3.63) is 35.3 Å². The molecule has 2 aromatic heterocycles. The minimum atomic E-state index is -4.07. The summed E-state index contributed by atoms with van der Waals surface area (Å²) in [5.74, 6) is -3.96. The number of methoxy groups -OCH3 is 1. The van der Waals surface area contributed by atoms with Gasteiger partial charge >= 0.3 is 0 Å². The number of primary sulfonamides is 1. The molecule has 1 saturated carbocycles. The van der Waals surface area contributed by atoms with Gasteiger partial charge in [-0.05, 0) is 25.8 Å². The number of hydrogen-bond acceptors (Lipinski definition) is 6. The Balaban J connectivity index is 1.98. The topological polar surface area (TPSA) is 129 Å². The molecule has 2 aromatic rings. The lowest BCUT2D eigenvalue weighted by Crippen LogP contribution is -2.26. The van der Waals surface area contributed by atoms with Crippen molar-refractivity contribution < 1.29 is 26.7 Å². The van der Waals surface area contributed by atoms with Crippen LogP contribution in [0.15, 0.2) is 23.4 Å². The number of alkyl halides is 2. The van der Waals surface area contributed by atoms with Crippen LogP contribution in [0.25, 0.3) is 0 Å². The van der Waals surface area contributed by atoms with Crippen molar-refractivity contribution >= 4 is 21.6 Å². The number of aromatic nitrogens is 3. The molecule has 0 unspecified atom stereocenters. The number of anilines is 1. The monoisotopic (exact) mass is 429 g/mol. The van der Waals surface area contributed by atoms with Crippen LogP contribution in [-0.2, 0) is 27.2 Å². The third kappa shape index (κ3) is 4.43. The highest BCUT2D eigenvalue weighted by Crippen LogP contribution is 2.41. The van der Waals surface area contributed by atoms with E-state index in [1.165, 1.54) is 24.8 Å². The summed E-state index contributed by atoms with van der Waals surface area (Å²) >= 11 is 0. The molecule has 0 spiro atoms. The normalized spacial score (nSPS) is 15.9. The van der Waals surface area contributed by atoms with Crippen LogP contribution in [0.4, 0.5) is 14.5 Å². The van der Waals surface area contributed by atoms with Gasteiger partial charge in [0, 0.05) is 37.5 Å². The smallest absolute Gasteiger partial charge is 0.289 e. The zero-order chi connectivity index (χ0) is 21.6. The molecule has 12 heteroatoms. The average Bonchev–Trinajstić information content (AvgIpc) is 3.29. The predicted molar refractivity (Wildman–Crippen MR) is 99.1 cm³/mol. The first kappa shape index (κ1) is 21.3. The first-order valence-electron chi connectivity index (χ1n) is 8.67. The van der Waals surface area contributed by atoms with Gasteiger partial charge in [0.25, 0.3) is 21.9 Å². The zero-order valence-electron chi connectivity index (χ0n) is 16.1. The molecule has 0 saturated heterocycles. The quantitative estimate of drug-likeness (QED) is 0.690. The number of ether oxygens (including phenoxy) is 1. The summed E-state index contributed by atoms with van der Waals surface area (Å²) in [6.07, 6.45) is 2.61. The van der Waals surface area contributed by atoms with Gasteiger partial charge in [0.2, 0.25) is 0 Å². The van der Waals surface area contributed by atoms with Gasteiger partial charge in [0.15, 0.2) is 5.03 Å². The zero-order valence-corrected chi connectivity index (χ0v) is 16.9. The average molecular weight is 429 g/mol. The molecular formula is C17H21F2N5O4S. The number of hydrogen-bond donors (Lipinski definition) is 2. The second kappa shape index (κ2) is 7.11. The van der Waals surface area contributed by atoms with Crippen LogP contribution < -0.4 is 10.5 Å². The van der Waals surface area contributed by atoms with Crippen molar-refractivity contribution in [2.24, 2.45) is 5.14 Å². The van der Waals surface area contributed by atoms with Crippen molar-refractivity contribution in [1.29, 1.82) is 0 Å². The number of rotatable bonds is 7. The Labute approximate surface area is 166 Å². The highest BCUT2D eigenvalue weighted by atomic mass is 32.2. The van der Waals surface area contributed by atoms with Crippen LogP contribution >= 0.6 is 0 Å². The largest absolute Gasteiger partial charge is 0.376 e. The van der Waals surface area contributed by atoms with Gasteiger partial charge in [-0.15, -0.1) is 0 Å². The number of nitrogens with two attached hydrogens (primary N) is 1. The van der Waals surface area contributed by atoms with Crippen LogP contribution in [0.5, 0.6) is 0 Å². The van der Waals surface area contributed by atoms with E-state index in [9.17, 15) is 22.0 Å². The van der Waals surface area contributed by atoms with Crippen molar-refractivity contribution in [1.82, 2.24) is 14.8 Å². The SMILES string of the molecule is COC1(Cn2nc(C(C)(F)F)c(C)c2C(=O)Nc2ccnc(S(N)(=O)=O)c2)CC1. The van der Waals surface area contributed by atoms with Crippen molar-refractivity contribution in [3.63, 3.8) is 0 Å². The van der Waals surface area contributed by atoms with Gasteiger partial charge in [0.1, 0.15) is 11.4 Å². The molecule has 0 atom stereocenters. The molecular weight excluding hydrogens is 408 g/mol. The molecule has 9 nitrogen and oxygen atoms in total. The lowest BCUT2D eigenvalue weighted by atomic mass is 10.1. The Morgan fingerprint density at radius 1 is 1.45 bits per heavy atom. The Bertz CT molecular complexity index is 1060. The Morgan fingerprint density at radius 3 is 2.62 bits per heavy atom. The second-order valence-electron chi connectivity index (χ2n) is 7.14. The number of nitrogens with zero attached hydrogens (tertiary/aromatic N) is 3. The summed E-state index contributed by atoms with van der Waals surface area (Å²) < 4.78 is 57.5. The van der Waals surface area contributed by atoms with Crippen LogP contribution in [0.3, 0.4) is 0 Å². The highest BCUT2D eigenvalue weighted by Gasteiger charge is 2.45. The van der Waals surface area contributed by atoms with Gasteiger partial charge in [0.05, 0.1) is 12.1 Å². The summed E-state index contributed by atoms with van der Waals surface area (Å²) in [5.41, 5.74) is -0.972. The number of nitrogens with one attached hydrogen (secondary N) is 1. The molecule has 2 heterocycles. The van der Waals surface area contributed by atoms with Gasteiger partial charge in [-0.25, -0.2) is 18.5 Å².